The first-order valence-electron chi connectivity index (χ1n) is 8.68. The first-order valence-corrected chi connectivity index (χ1v) is 10.1. The molecule has 0 saturated heterocycles. The molecule has 0 fully saturated rings. The number of nitrogens with one attached hydrogen (secondary N) is 3. The van der Waals surface area contributed by atoms with Crippen LogP contribution >= 0.6 is 11.8 Å². The molecule has 1 aromatic carbocycles. The number of aliphatic carboxylic acids is 1. The van der Waals surface area contributed by atoms with Crippen molar-refractivity contribution in [2.24, 2.45) is 5.73 Å². The van der Waals surface area contributed by atoms with Crippen LogP contribution in [0.2, 0.25) is 0 Å². The minimum absolute atomic E-state index is 0.125. The van der Waals surface area contributed by atoms with Crippen LogP contribution < -0.4 is 21.7 Å². The van der Waals surface area contributed by atoms with Crippen molar-refractivity contribution in [2.75, 3.05) is 25.1 Å². The SMILES string of the molecule is CSCCC(N)C(=O)NCC(=O)NCC(=O)NC(Cc1ccccc1)C(=O)O. The molecule has 0 aromatic heterocycles. The number of carbonyl (C=O) groups is 4. The third-order valence-corrected chi connectivity index (χ3v) is 4.40. The minimum atomic E-state index is -1.17. The highest BCUT2D eigenvalue weighted by Crippen LogP contribution is 2.03. The van der Waals surface area contributed by atoms with Crippen molar-refractivity contribution in [2.45, 2.75) is 24.9 Å². The van der Waals surface area contributed by atoms with Gasteiger partial charge in [0, 0.05) is 6.42 Å². The Labute approximate surface area is 167 Å². The normalized spacial score (nSPS) is 12.5. The van der Waals surface area contributed by atoms with Gasteiger partial charge in [0.2, 0.25) is 17.7 Å². The van der Waals surface area contributed by atoms with Gasteiger partial charge in [-0.2, -0.15) is 11.8 Å². The predicted octanol–water partition coefficient (Wildman–Crippen LogP) is -0.889. The summed E-state index contributed by atoms with van der Waals surface area (Å²) in [6, 6.07) is 7.07. The van der Waals surface area contributed by atoms with Gasteiger partial charge < -0.3 is 26.8 Å². The summed E-state index contributed by atoms with van der Waals surface area (Å²) in [7, 11) is 0. The van der Waals surface area contributed by atoms with Gasteiger partial charge >= 0.3 is 5.97 Å². The first kappa shape index (κ1) is 23.4. The zero-order valence-corrected chi connectivity index (χ0v) is 16.5. The van der Waals surface area contributed by atoms with Gasteiger partial charge in [-0.1, -0.05) is 30.3 Å². The molecule has 2 unspecified atom stereocenters. The van der Waals surface area contributed by atoms with Gasteiger partial charge in [-0.05, 0) is 24.0 Å². The molecule has 0 spiro atoms. The number of carboxylic acid groups (broad SMARTS) is 1. The number of nitrogens with two attached hydrogens (primary N) is 1. The zero-order chi connectivity index (χ0) is 20.9. The highest BCUT2D eigenvalue weighted by molar-refractivity contribution is 7.98. The van der Waals surface area contributed by atoms with Crippen LogP contribution in [0.25, 0.3) is 0 Å². The van der Waals surface area contributed by atoms with E-state index in [1.165, 1.54) is 0 Å². The summed E-state index contributed by atoms with van der Waals surface area (Å²) >= 11 is 1.56. The summed E-state index contributed by atoms with van der Waals surface area (Å²) in [6.07, 6.45) is 2.52. The summed E-state index contributed by atoms with van der Waals surface area (Å²) in [5.74, 6) is -2.10. The maximum atomic E-state index is 11.9. The minimum Gasteiger partial charge on any atom is -0.480 e. The molecule has 0 radical (unpaired) electrons. The molecule has 0 saturated carbocycles. The van der Waals surface area contributed by atoms with E-state index in [-0.39, 0.29) is 13.0 Å². The van der Waals surface area contributed by atoms with E-state index in [2.05, 4.69) is 16.0 Å². The van der Waals surface area contributed by atoms with E-state index in [0.29, 0.717) is 6.42 Å². The lowest BCUT2D eigenvalue weighted by molar-refractivity contribution is -0.141. The summed E-state index contributed by atoms with van der Waals surface area (Å²) in [4.78, 5) is 46.7. The molecule has 9 nitrogen and oxygen atoms in total. The number of hydrogen-bond donors (Lipinski definition) is 5. The molecule has 6 N–H and O–H groups in total. The molecule has 3 amide bonds. The fourth-order valence-electron chi connectivity index (χ4n) is 2.21. The Morgan fingerprint density at radius 3 is 2.32 bits per heavy atom. The molecular weight excluding hydrogens is 384 g/mol. The monoisotopic (exact) mass is 410 g/mol. The number of benzene rings is 1. The molecule has 0 heterocycles. The number of rotatable bonds is 12. The van der Waals surface area contributed by atoms with E-state index >= 15 is 0 Å². The van der Waals surface area contributed by atoms with Gasteiger partial charge in [-0.3, -0.25) is 14.4 Å². The molecule has 0 aliphatic rings. The average molecular weight is 410 g/mol. The Kier molecular flexibility index (Phi) is 10.7. The van der Waals surface area contributed by atoms with Gasteiger partial charge in [0.15, 0.2) is 0 Å². The van der Waals surface area contributed by atoms with E-state index in [1.54, 1.807) is 36.0 Å². The van der Waals surface area contributed by atoms with E-state index in [1.807, 2.05) is 12.3 Å². The molecule has 0 bridgehead atoms. The van der Waals surface area contributed by atoms with Gasteiger partial charge in [-0.25, -0.2) is 4.79 Å². The van der Waals surface area contributed by atoms with Gasteiger partial charge in [0.25, 0.3) is 0 Å². The molecular formula is C18H26N4O5S. The van der Waals surface area contributed by atoms with Crippen molar-refractivity contribution in [1.82, 2.24) is 16.0 Å². The molecule has 28 heavy (non-hydrogen) atoms. The third kappa shape index (κ3) is 9.38. The number of thioether (sulfide) groups is 1. The van der Waals surface area contributed by atoms with Gasteiger partial charge in [0.05, 0.1) is 19.1 Å². The maximum absolute atomic E-state index is 11.9. The number of carboxylic acids is 1. The second-order valence-corrected chi connectivity index (χ2v) is 7.02. The molecule has 1 rings (SSSR count). The summed E-state index contributed by atoms with van der Waals surface area (Å²) in [6.45, 7) is -0.711. The lowest BCUT2D eigenvalue weighted by Gasteiger charge is -2.15. The smallest absolute Gasteiger partial charge is 0.326 e. The molecule has 154 valence electrons. The standard InChI is InChI=1S/C18H26N4O5S/c1-28-8-7-13(19)17(25)21-10-15(23)20-11-16(24)22-14(18(26)27)9-12-5-3-2-4-6-12/h2-6,13-14H,7-11,19H2,1H3,(H,20,23)(H,21,25)(H,22,24)(H,26,27). The van der Waals surface area contributed by atoms with Crippen LogP contribution in [0.15, 0.2) is 30.3 Å². The first-order chi connectivity index (χ1) is 13.3. The molecule has 0 aliphatic heterocycles. The van der Waals surface area contributed by atoms with Crippen LogP contribution in [0.1, 0.15) is 12.0 Å². The van der Waals surface area contributed by atoms with Crippen molar-refractivity contribution in [3.05, 3.63) is 35.9 Å². The van der Waals surface area contributed by atoms with E-state index in [0.717, 1.165) is 11.3 Å². The Bertz CT molecular complexity index is 671. The molecule has 2 atom stereocenters. The van der Waals surface area contributed by atoms with Crippen LogP contribution in [0.4, 0.5) is 0 Å². The molecule has 10 heteroatoms. The highest BCUT2D eigenvalue weighted by Gasteiger charge is 2.20. The fourth-order valence-corrected chi connectivity index (χ4v) is 2.70. The second kappa shape index (κ2) is 12.7. The Hall–Kier alpha value is -2.59. The molecule has 0 aliphatic carbocycles. The van der Waals surface area contributed by atoms with Crippen molar-refractivity contribution in [3.63, 3.8) is 0 Å². The Morgan fingerprint density at radius 1 is 1.07 bits per heavy atom. The second-order valence-electron chi connectivity index (χ2n) is 6.03. The van der Waals surface area contributed by atoms with E-state index in [9.17, 15) is 24.3 Å². The van der Waals surface area contributed by atoms with Gasteiger partial charge in [-0.15, -0.1) is 0 Å². The van der Waals surface area contributed by atoms with Crippen LogP contribution in [-0.2, 0) is 25.6 Å². The Balaban J connectivity index is 2.36. The third-order valence-electron chi connectivity index (χ3n) is 3.76. The van der Waals surface area contributed by atoms with Crippen molar-refractivity contribution in [3.8, 4) is 0 Å². The number of carbonyl (C=O) groups excluding carboxylic acids is 3. The maximum Gasteiger partial charge on any atom is 0.326 e. The number of hydrogen-bond acceptors (Lipinski definition) is 6. The largest absolute Gasteiger partial charge is 0.480 e. The predicted molar refractivity (Wildman–Crippen MR) is 107 cm³/mol. The lowest BCUT2D eigenvalue weighted by Crippen LogP contribution is -2.49. The van der Waals surface area contributed by atoms with Gasteiger partial charge in [0.1, 0.15) is 6.04 Å². The molecule has 1 aromatic rings. The van der Waals surface area contributed by atoms with Crippen LogP contribution in [0.5, 0.6) is 0 Å². The van der Waals surface area contributed by atoms with Crippen molar-refractivity contribution in [1.29, 1.82) is 0 Å². The number of amides is 3. The summed E-state index contributed by atoms with van der Waals surface area (Å²) in [5, 5.41) is 16.3. The topological polar surface area (TPSA) is 151 Å². The summed E-state index contributed by atoms with van der Waals surface area (Å²) < 4.78 is 0. The van der Waals surface area contributed by atoms with E-state index in [4.69, 9.17) is 5.73 Å². The van der Waals surface area contributed by atoms with Crippen molar-refractivity contribution < 1.29 is 24.3 Å². The van der Waals surface area contributed by atoms with Crippen LogP contribution in [-0.4, -0.2) is 66.0 Å². The van der Waals surface area contributed by atoms with Crippen molar-refractivity contribution >= 4 is 35.5 Å². The highest BCUT2D eigenvalue weighted by atomic mass is 32.2. The fraction of sp³-hybridized carbons (Fsp3) is 0.444. The zero-order valence-electron chi connectivity index (χ0n) is 15.6. The summed E-state index contributed by atoms with van der Waals surface area (Å²) in [5.41, 5.74) is 6.44. The van der Waals surface area contributed by atoms with Crippen LogP contribution in [0, 0.1) is 0 Å². The lowest BCUT2D eigenvalue weighted by atomic mass is 10.1. The Morgan fingerprint density at radius 2 is 1.71 bits per heavy atom. The average Bonchev–Trinajstić information content (AvgIpc) is 2.68. The van der Waals surface area contributed by atoms with Crippen LogP contribution in [0.3, 0.4) is 0 Å². The quantitative estimate of drug-likeness (QED) is 0.300. The van der Waals surface area contributed by atoms with E-state index < -0.39 is 42.3 Å².